The second kappa shape index (κ2) is 9.78. The molecule has 1 aromatic heterocycles. The van der Waals surface area contributed by atoms with Gasteiger partial charge >= 0.3 is 0 Å². The SMILES string of the molecule is COc1cccc(C(NC(=O)CCCOc2cccc(C)c2)c2nccn2C)c1. The molecule has 1 heterocycles. The number of benzene rings is 2. The van der Waals surface area contributed by atoms with Crippen molar-refractivity contribution in [3.05, 3.63) is 77.9 Å². The van der Waals surface area contributed by atoms with Crippen LogP contribution in [-0.4, -0.2) is 29.2 Å². The van der Waals surface area contributed by atoms with Gasteiger partial charge in [-0.1, -0.05) is 24.3 Å². The zero-order chi connectivity index (χ0) is 20.6. The maximum atomic E-state index is 12.6. The Kier molecular flexibility index (Phi) is 6.89. The summed E-state index contributed by atoms with van der Waals surface area (Å²) < 4.78 is 13.0. The van der Waals surface area contributed by atoms with Gasteiger partial charge in [0, 0.05) is 25.9 Å². The lowest BCUT2D eigenvalue weighted by Gasteiger charge is -2.20. The Balaban J connectivity index is 1.61. The number of methoxy groups -OCH3 is 1. The van der Waals surface area contributed by atoms with Crippen molar-refractivity contribution in [2.45, 2.75) is 25.8 Å². The van der Waals surface area contributed by atoms with Crippen molar-refractivity contribution in [2.75, 3.05) is 13.7 Å². The zero-order valence-corrected chi connectivity index (χ0v) is 17.1. The van der Waals surface area contributed by atoms with E-state index in [0.29, 0.717) is 19.4 Å². The first-order chi connectivity index (χ1) is 14.1. The Bertz CT molecular complexity index is 952. The van der Waals surface area contributed by atoms with E-state index in [-0.39, 0.29) is 11.9 Å². The smallest absolute Gasteiger partial charge is 0.220 e. The molecule has 0 radical (unpaired) electrons. The minimum atomic E-state index is -0.352. The van der Waals surface area contributed by atoms with Crippen molar-refractivity contribution in [3.63, 3.8) is 0 Å². The molecule has 3 rings (SSSR count). The van der Waals surface area contributed by atoms with Crippen molar-refractivity contribution in [1.29, 1.82) is 0 Å². The second-order valence-electron chi connectivity index (χ2n) is 6.94. The largest absolute Gasteiger partial charge is 0.497 e. The molecule has 0 fully saturated rings. The topological polar surface area (TPSA) is 65.4 Å². The zero-order valence-electron chi connectivity index (χ0n) is 17.1. The van der Waals surface area contributed by atoms with Crippen molar-refractivity contribution in [2.24, 2.45) is 7.05 Å². The summed E-state index contributed by atoms with van der Waals surface area (Å²) in [6.07, 6.45) is 4.59. The van der Waals surface area contributed by atoms with Gasteiger partial charge in [-0.15, -0.1) is 0 Å². The number of imidazole rings is 1. The molecule has 0 spiro atoms. The molecule has 0 aliphatic heterocycles. The van der Waals surface area contributed by atoms with Gasteiger partial charge in [-0.3, -0.25) is 4.79 Å². The number of aromatic nitrogens is 2. The van der Waals surface area contributed by atoms with Crippen LogP contribution in [-0.2, 0) is 11.8 Å². The summed E-state index contributed by atoms with van der Waals surface area (Å²) in [6.45, 7) is 2.51. The number of nitrogens with zero attached hydrogens (tertiary/aromatic N) is 2. The third-order valence-corrected chi connectivity index (χ3v) is 4.66. The lowest BCUT2D eigenvalue weighted by Crippen LogP contribution is -2.31. The number of hydrogen-bond donors (Lipinski definition) is 1. The van der Waals surface area contributed by atoms with Crippen LogP contribution in [0.25, 0.3) is 0 Å². The van der Waals surface area contributed by atoms with E-state index in [2.05, 4.69) is 10.3 Å². The first kappa shape index (κ1) is 20.5. The molecule has 1 unspecified atom stereocenters. The van der Waals surface area contributed by atoms with Crippen molar-refractivity contribution < 1.29 is 14.3 Å². The van der Waals surface area contributed by atoms with Crippen LogP contribution in [0.15, 0.2) is 60.9 Å². The predicted octanol–water partition coefficient (Wildman–Crippen LogP) is 3.80. The lowest BCUT2D eigenvalue weighted by molar-refractivity contribution is -0.121. The summed E-state index contributed by atoms with van der Waals surface area (Å²) in [7, 11) is 3.54. The number of nitrogens with one attached hydrogen (secondary N) is 1. The summed E-state index contributed by atoms with van der Waals surface area (Å²) in [5, 5.41) is 3.10. The van der Waals surface area contributed by atoms with Gasteiger partial charge in [0.2, 0.25) is 5.91 Å². The highest BCUT2D eigenvalue weighted by Gasteiger charge is 2.21. The van der Waals surface area contributed by atoms with E-state index in [1.807, 2.05) is 73.3 Å². The Labute approximate surface area is 171 Å². The Morgan fingerprint density at radius 2 is 1.97 bits per heavy atom. The van der Waals surface area contributed by atoms with E-state index in [9.17, 15) is 4.79 Å². The third-order valence-electron chi connectivity index (χ3n) is 4.66. The third kappa shape index (κ3) is 5.60. The van der Waals surface area contributed by atoms with Gasteiger partial charge < -0.3 is 19.4 Å². The van der Waals surface area contributed by atoms with Crippen LogP contribution in [0.5, 0.6) is 11.5 Å². The van der Waals surface area contributed by atoms with Crippen molar-refractivity contribution >= 4 is 5.91 Å². The number of carbonyl (C=O) groups excluding carboxylic acids is 1. The monoisotopic (exact) mass is 393 g/mol. The van der Waals surface area contributed by atoms with E-state index in [0.717, 1.165) is 28.5 Å². The number of hydrogen-bond acceptors (Lipinski definition) is 4. The van der Waals surface area contributed by atoms with E-state index >= 15 is 0 Å². The van der Waals surface area contributed by atoms with Gasteiger partial charge in [-0.2, -0.15) is 0 Å². The molecule has 29 heavy (non-hydrogen) atoms. The molecule has 0 saturated carbocycles. The molecule has 1 amide bonds. The molecule has 6 nitrogen and oxygen atoms in total. The minimum Gasteiger partial charge on any atom is -0.497 e. The van der Waals surface area contributed by atoms with Crippen LogP contribution < -0.4 is 14.8 Å². The van der Waals surface area contributed by atoms with E-state index in [1.54, 1.807) is 13.3 Å². The summed E-state index contributed by atoms with van der Waals surface area (Å²) >= 11 is 0. The average Bonchev–Trinajstić information content (AvgIpc) is 3.15. The first-order valence-corrected chi connectivity index (χ1v) is 9.67. The molecule has 6 heteroatoms. The molecule has 0 aliphatic rings. The molecule has 1 N–H and O–H groups in total. The summed E-state index contributed by atoms with van der Waals surface area (Å²) in [5.74, 6) is 2.28. The standard InChI is InChI=1S/C23H27N3O3/c1-17-7-4-10-20(15-17)29-14-6-11-21(27)25-22(23-24-12-13-26(23)2)18-8-5-9-19(16-18)28-3/h4-5,7-10,12-13,15-16,22H,6,11,14H2,1-3H3,(H,25,27). The molecule has 2 aromatic carbocycles. The molecule has 152 valence electrons. The van der Waals surface area contributed by atoms with Crippen LogP contribution in [0.3, 0.4) is 0 Å². The second-order valence-corrected chi connectivity index (χ2v) is 6.94. The minimum absolute atomic E-state index is 0.0475. The van der Waals surface area contributed by atoms with Gasteiger partial charge in [0.25, 0.3) is 0 Å². The van der Waals surface area contributed by atoms with Gasteiger partial charge in [0.15, 0.2) is 0 Å². The van der Waals surface area contributed by atoms with Crippen LogP contribution >= 0.6 is 0 Å². The van der Waals surface area contributed by atoms with E-state index < -0.39 is 0 Å². The van der Waals surface area contributed by atoms with Crippen LogP contribution in [0, 0.1) is 6.92 Å². The Morgan fingerprint density at radius 3 is 2.69 bits per heavy atom. The van der Waals surface area contributed by atoms with Crippen LogP contribution in [0.2, 0.25) is 0 Å². The number of amides is 1. The van der Waals surface area contributed by atoms with Crippen LogP contribution in [0.1, 0.15) is 35.8 Å². The molecule has 0 bridgehead atoms. The predicted molar refractivity (Wildman–Crippen MR) is 112 cm³/mol. The molecule has 1 atom stereocenters. The average molecular weight is 393 g/mol. The number of rotatable bonds is 9. The fourth-order valence-electron chi connectivity index (χ4n) is 3.13. The van der Waals surface area contributed by atoms with Gasteiger partial charge in [0.05, 0.1) is 13.7 Å². The summed E-state index contributed by atoms with van der Waals surface area (Å²) in [6, 6.07) is 15.2. The summed E-state index contributed by atoms with van der Waals surface area (Å²) in [4.78, 5) is 17.0. The molecular weight excluding hydrogens is 366 g/mol. The highest BCUT2D eigenvalue weighted by atomic mass is 16.5. The lowest BCUT2D eigenvalue weighted by atomic mass is 10.1. The highest BCUT2D eigenvalue weighted by Crippen LogP contribution is 2.24. The molecule has 0 saturated heterocycles. The van der Waals surface area contributed by atoms with Crippen molar-refractivity contribution in [3.8, 4) is 11.5 Å². The normalized spacial score (nSPS) is 11.7. The van der Waals surface area contributed by atoms with E-state index in [1.165, 1.54) is 0 Å². The number of carbonyl (C=O) groups is 1. The fraction of sp³-hybridized carbons (Fsp3) is 0.304. The maximum Gasteiger partial charge on any atom is 0.220 e. The highest BCUT2D eigenvalue weighted by molar-refractivity contribution is 5.76. The number of aryl methyl sites for hydroxylation is 2. The molecular formula is C23H27N3O3. The van der Waals surface area contributed by atoms with E-state index in [4.69, 9.17) is 9.47 Å². The fourth-order valence-corrected chi connectivity index (χ4v) is 3.13. The van der Waals surface area contributed by atoms with Crippen molar-refractivity contribution in [1.82, 2.24) is 14.9 Å². The first-order valence-electron chi connectivity index (χ1n) is 9.67. The number of ether oxygens (including phenoxy) is 2. The van der Waals surface area contributed by atoms with Crippen LogP contribution in [0.4, 0.5) is 0 Å². The quantitative estimate of drug-likeness (QED) is 0.562. The maximum absolute atomic E-state index is 12.6. The summed E-state index contributed by atoms with van der Waals surface area (Å²) in [5.41, 5.74) is 2.07. The Hall–Kier alpha value is -3.28. The molecule has 3 aromatic rings. The Morgan fingerprint density at radius 1 is 1.17 bits per heavy atom. The molecule has 0 aliphatic carbocycles. The van der Waals surface area contributed by atoms with Gasteiger partial charge in [0.1, 0.15) is 23.4 Å². The van der Waals surface area contributed by atoms with Gasteiger partial charge in [-0.25, -0.2) is 4.98 Å². The van der Waals surface area contributed by atoms with Gasteiger partial charge in [-0.05, 0) is 48.7 Å².